The highest BCUT2D eigenvalue weighted by molar-refractivity contribution is 7.92. The summed E-state index contributed by atoms with van der Waals surface area (Å²) in [5.74, 6) is -0.431. The molecule has 0 spiro atoms. The zero-order chi connectivity index (χ0) is 26.6. The zero-order valence-corrected chi connectivity index (χ0v) is 22.6. The van der Waals surface area contributed by atoms with Crippen molar-refractivity contribution in [2.45, 2.75) is 31.7 Å². The molecule has 0 fully saturated rings. The van der Waals surface area contributed by atoms with Crippen molar-refractivity contribution in [3.8, 4) is 0 Å². The van der Waals surface area contributed by atoms with Crippen LogP contribution in [-0.2, 0) is 14.8 Å². The number of rotatable bonds is 8. The second-order valence-corrected chi connectivity index (χ2v) is 11.4. The van der Waals surface area contributed by atoms with Crippen molar-refractivity contribution in [3.05, 3.63) is 130 Å². The van der Waals surface area contributed by atoms with Crippen molar-refractivity contribution in [3.63, 3.8) is 0 Å². The van der Waals surface area contributed by atoms with E-state index in [-0.39, 0.29) is 4.90 Å². The van der Waals surface area contributed by atoms with Crippen LogP contribution in [0, 0.1) is 20.8 Å². The van der Waals surface area contributed by atoms with Crippen molar-refractivity contribution >= 4 is 33.2 Å². The van der Waals surface area contributed by atoms with Gasteiger partial charge < -0.3 is 5.32 Å². The molecule has 0 radical (unpaired) electrons. The summed E-state index contributed by atoms with van der Waals surface area (Å²) in [4.78, 5) is 13.6. The molecule has 1 atom stereocenters. The lowest BCUT2D eigenvalue weighted by molar-refractivity contribution is -0.120. The highest BCUT2D eigenvalue weighted by atomic mass is 35.5. The van der Waals surface area contributed by atoms with E-state index in [0.29, 0.717) is 16.3 Å². The molecule has 0 saturated heterocycles. The molecule has 0 saturated carbocycles. The molecule has 1 amide bonds. The largest absolute Gasteiger partial charge is 0.344 e. The zero-order valence-electron chi connectivity index (χ0n) is 21.0. The molecule has 4 rings (SSSR count). The van der Waals surface area contributed by atoms with Gasteiger partial charge in [-0.2, -0.15) is 0 Å². The first-order chi connectivity index (χ1) is 17.6. The van der Waals surface area contributed by atoms with Crippen LogP contribution in [0.3, 0.4) is 0 Å². The van der Waals surface area contributed by atoms with Crippen molar-refractivity contribution < 1.29 is 13.2 Å². The minimum absolute atomic E-state index is 0.110. The van der Waals surface area contributed by atoms with E-state index in [1.807, 2.05) is 68.4 Å². The highest BCUT2D eigenvalue weighted by Gasteiger charge is 2.29. The quantitative estimate of drug-likeness (QED) is 0.287. The maximum atomic E-state index is 13.8. The molecule has 0 bridgehead atoms. The van der Waals surface area contributed by atoms with Gasteiger partial charge in [0.2, 0.25) is 5.91 Å². The molecule has 37 heavy (non-hydrogen) atoms. The summed E-state index contributed by atoms with van der Waals surface area (Å²) < 4.78 is 28.7. The molecule has 0 aliphatic heterocycles. The lowest BCUT2D eigenvalue weighted by Gasteiger charge is -2.27. The predicted octanol–water partition coefficient (Wildman–Crippen LogP) is 6.37. The summed E-state index contributed by atoms with van der Waals surface area (Å²) in [6, 6.07) is 28.6. The third-order valence-electron chi connectivity index (χ3n) is 6.17. The Kier molecular flexibility index (Phi) is 8.00. The minimum atomic E-state index is -4.04. The average Bonchev–Trinajstić information content (AvgIpc) is 2.88. The SMILES string of the molecule is Cc1ccc(C(NC(=O)CN(c2ccc(Cl)cc2C)S(=O)(=O)c2ccc(C)cc2)c2ccccc2)cc1. The van der Waals surface area contributed by atoms with Crippen molar-refractivity contribution in [1.82, 2.24) is 5.32 Å². The average molecular weight is 533 g/mol. The summed E-state index contributed by atoms with van der Waals surface area (Å²) in [6.07, 6.45) is 0. The van der Waals surface area contributed by atoms with Crippen LogP contribution in [0.5, 0.6) is 0 Å². The summed E-state index contributed by atoms with van der Waals surface area (Å²) in [5.41, 5.74) is 4.89. The molecule has 1 unspecified atom stereocenters. The van der Waals surface area contributed by atoms with Crippen molar-refractivity contribution in [2.24, 2.45) is 0 Å². The maximum Gasteiger partial charge on any atom is 0.264 e. The van der Waals surface area contributed by atoms with E-state index in [1.54, 1.807) is 49.4 Å². The van der Waals surface area contributed by atoms with Gasteiger partial charge in [-0.1, -0.05) is 89.5 Å². The number of carbonyl (C=O) groups is 1. The van der Waals surface area contributed by atoms with Crippen molar-refractivity contribution in [2.75, 3.05) is 10.8 Å². The Bertz CT molecular complexity index is 1490. The monoisotopic (exact) mass is 532 g/mol. The third-order valence-corrected chi connectivity index (χ3v) is 8.18. The van der Waals surface area contributed by atoms with Gasteiger partial charge in [-0.15, -0.1) is 0 Å². The van der Waals surface area contributed by atoms with Gasteiger partial charge >= 0.3 is 0 Å². The smallest absolute Gasteiger partial charge is 0.264 e. The molecule has 0 heterocycles. The number of carbonyl (C=O) groups excluding carboxylic acids is 1. The topological polar surface area (TPSA) is 66.5 Å². The first-order valence-corrected chi connectivity index (χ1v) is 13.7. The van der Waals surface area contributed by atoms with Gasteiger partial charge in [-0.05, 0) is 67.8 Å². The number of aryl methyl sites for hydroxylation is 3. The standard InChI is InChI=1S/C30H29ClN2O3S/c1-21-9-13-25(14-10-21)30(24-7-5-4-6-8-24)32-29(34)20-33(28-18-15-26(31)19-23(28)3)37(35,36)27-16-11-22(2)12-17-27/h4-19,30H,20H2,1-3H3,(H,32,34). The van der Waals surface area contributed by atoms with E-state index in [4.69, 9.17) is 11.6 Å². The Morgan fingerprint density at radius 3 is 1.97 bits per heavy atom. The van der Waals surface area contributed by atoms with Crippen LogP contribution in [0.1, 0.15) is 33.9 Å². The van der Waals surface area contributed by atoms with Gasteiger partial charge in [0.1, 0.15) is 6.54 Å². The number of nitrogens with zero attached hydrogens (tertiary/aromatic N) is 1. The number of benzene rings is 4. The number of hydrogen-bond acceptors (Lipinski definition) is 3. The van der Waals surface area contributed by atoms with E-state index < -0.39 is 28.5 Å². The van der Waals surface area contributed by atoms with E-state index in [0.717, 1.165) is 26.6 Å². The summed E-state index contributed by atoms with van der Waals surface area (Å²) in [5, 5.41) is 3.55. The lowest BCUT2D eigenvalue weighted by Crippen LogP contribution is -2.42. The Morgan fingerprint density at radius 2 is 1.38 bits per heavy atom. The number of halogens is 1. The predicted molar refractivity (Wildman–Crippen MR) is 150 cm³/mol. The summed E-state index contributed by atoms with van der Waals surface area (Å²) in [7, 11) is -4.04. The van der Waals surface area contributed by atoms with Crippen LogP contribution in [0.2, 0.25) is 5.02 Å². The maximum absolute atomic E-state index is 13.8. The molecule has 7 heteroatoms. The molecule has 0 aromatic heterocycles. The van der Waals surface area contributed by atoms with E-state index in [1.165, 1.54) is 0 Å². The second-order valence-electron chi connectivity index (χ2n) is 9.08. The number of hydrogen-bond donors (Lipinski definition) is 1. The Labute approximate surface area is 223 Å². The summed E-state index contributed by atoms with van der Waals surface area (Å²) in [6.45, 7) is 5.27. The van der Waals surface area contributed by atoms with Crippen LogP contribution >= 0.6 is 11.6 Å². The molecule has 5 nitrogen and oxygen atoms in total. The van der Waals surface area contributed by atoms with Crippen LogP contribution in [-0.4, -0.2) is 20.9 Å². The lowest BCUT2D eigenvalue weighted by atomic mass is 9.98. The molecule has 4 aromatic carbocycles. The molecule has 190 valence electrons. The number of amides is 1. The van der Waals surface area contributed by atoms with Crippen LogP contribution < -0.4 is 9.62 Å². The van der Waals surface area contributed by atoms with Gasteiger partial charge in [0.05, 0.1) is 16.6 Å². The fraction of sp³-hybridized carbons (Fsp3) is 0.167. The first-order valence-electron chi connectivity index (χ1n) is 11.9. The Hall–Kier alpha value is -3.61. The second kappa shape index (κ2) is 11.2. The van der Waals surface area contributed by atoms with Crippen LogP contribution in [0.15, 0.2) is 102 Å². The van der Waals surface area contributed by atoms with E-state index in [2.05, 4.69) is 5.32 Å². The number of anilines is 1. The first kappa shape index (κ1) is 26.5. The Balaban J connectivity index is 1.71. The van der Waals surface area contributed by atoms with Gasteiger partial charge in [0, 0.05) is 5.02 Å². The number of nitrogens with one attached hydrogen (secondary N) is 1. The van der Waals surface area contributed by atoms with Gasteiger partial charge in [-0.25, -0.2) is 8.42 Å². The molecular formula is C30H29ClN2O3S. The minimum Gasteiger partial charge on any atom is -0.344 e. The molecule has 0 aliphatic carbocycles. The molecule has 0 aliphatic rings. The van der Waals surface area contributed by atoms with Crippen LogP contribution in [0.4, 0.5) is 5.69 Å². The fourth-order valence-corrected chi connectivity index (χ4v) is 5.85. The van der Waals surface area contributed by atoms with Gasteiger partial charge in [-0.3, -0.25) is 9.10 Å². The van der Waals surface area contributed by atoms with E-state index in [9.17, 15) is 13.2 Å². The third kappa shape index (κ3) is 6.21. The van der Waals surface area contributed by atoms with Gasteiger partial charge in [0.15, 0.2) is 0 Å². The van der Waals surface area contributed by atoms with Crippen molar-refractivity contribution in [1.29, 1.82) is 0 Å². The highest BCUT2D eigenvalue weighted by Crippen LogP contribution is 2.29. The van der Waals surface area contributed by atoms with Gasteiger partial charge in [0.25, 0.3) is 10.0 Å². The molecule has 1 N–H and O–H groups in total. The Morgan fingerprint density at radius 1 is 0.811 bits per heavy atom. The number of sulfonamides is 1. The summed E-state index contributed by atoms with van der Waals surface area (Å²) >= 11 is 6.14. The van der Waals surface area contributed by atoms with Crippen LogP contribution in [0.25, 0.3) is 0 Å². The molecular weight excluding hydrogens is 504 g/mol. The van der Waals surface area contributed by atoms with E-state index >= 15 is 0 Å². The fourth-order valence-electron chi connectivity index (χ4n) is 4.14. The molecule has 4 aromatic rings. The normalized spacial score (nSPS) is 12.1.